The van der Waals surface area contributed by atoms with Crippen LogP contribution in [0.4, 0.5) is 5.69 Å². The van der Waals surface area contributed by atoms with E-state index in [0.29, 0.717) is 55.3 Å². The molecule has 0 bridgehead atoms. The SMILES string of the molecule is CS(=O)(=O)Nc1ccc(Oc2ccc3c(O)c(C(=O)NCC(=O)O)ncc3c2)cc1.O=C(O)CNC(=O)c1ncc2cc(Oc3ccc(Cl)cc3)ccc2c1O. The second-order valence-corrected chi connectivity index (χ2v) is 13.8. The maximum atomic E-state index is 12.0. The van der Waals surface area contributed by atoms with Crippen LogP contribution in [0.1, 0.15) is 21.0 Å². The van der Waals surface area contributed by atoms with Crippen LogP contribution in [0.2, 0.25) is 5.02 Å². The van der Waals surface area contributed by atoms with Gasteiger partial charge in [-0.25, -0.2) is 18.4 Å². The first-order valence-corrected chi connectivity index (χ1v) is 18.3. The summed E-state index contributed by atoms with van der Waals surface area (Å²) in [6, 6.07) is 22.7. The Kier molecular flexibility index (Phi) is 12.4. The molecular weight excluding hydrogens is 774 g/mol. The van der Waals surface area contributed by atoms with Crippen LogP contribution in [0.15, 0.2) is 97.3 Å². The molecule has 6 rings (SSSR count). The van der Waals surface area contributed by atoms with Crippen molar-refractivity contribution in [1.29, 1.82) is 0 Å². The topological polar surface area (TPSA) is 264 Å². The van der Waals surface area contributed by atoms with Crippen LogP contribution in [0.25, 0.3) is 21.5 Å². The molecule has 2 heterocycles. The van der Waals surface area contributed by atoms with E-state index in [0.717, 1.165) is 6.26 Å². The zero-order valence-corrected chi connectivity index (χ0v) is 30.5. The number of benzene rings is 4. The highest BCUT2D eigenvalue weighted by Gasteiger charge is 2.18. The van der Waals surface area contributed by atoms with Gasteiger partial charge in [-0.1, -0.05) is 11.6 Å². The fraction of sp³-hybridized carbons (Fsp3) is 0.0811. The van der Waals surface area contributed by atoms with Gasteiger partial charge in [0, 0.05) is 44.6 Å². The van der Waals surface area contributed by atoms with Crippen molar-refractivity contribution in [2.45, 2.75) is 0 Å². The maximum Gasteiger partial charge on any atom is 0.322 e. The summed E-state index contributed by atoms with van der Waals surface area (Å²) >= 11 is 5.83. The summed E-state index contributed by atoms with van der Waals surface area (Å²) in [7, 11) is -3.37. The number of anilines is 1. The lowest BCUT2D eigenvalue weighted by atomic mass is 10.1. The van der Waals surface area contributed by atoms with Gasteiger partial charge in [0.1, 0.15) is 36.1 Å². The van der Waals surface area contributed by atoms with Crippen LogP contribution < -0.4 is 24.8 Å². The predicted molar refractivity (Wildman–Crippen MR) is 203 cm³/mol. The van der Waals surface area contributed by atoms with Crippen molar-refractivity contribution in [2.75, 3.05) is 24.1 Å². The van der Waals surface area contributed by atoms with Crippen LogP contribution in [0.3, 0.4) is 0 Å². The van der Waals surface area contributed by atoms with E-state index in [9.17, 15) is 37.8 Å². The highest BCUT2D eigenvalue weighted by molar-refractivity contribution is 7.92. The monoisotopic (exact) mass is 803 g/mol. The zero-order chi connectivity index (χ0) is 40.6. The number of aliphatic carboxylic acids is 2. The molecule has 0 aliphatic rings. The van der Waals surface area contributed by atoms with E-state index < -0.39 is 46.9 Å². The number of carbonyl (C=O) groups excluding carboxylic acids is 2. The van der Waals surface area contributed by atoms with Gasteiger partial charge in [-0.2, -0.15) is 0 Å². The highest BCUT2D eigenvalue weighted by atomic mass is 35.5. The highest BCUT2D eigenvalue weighted by Crippen LogP contribution is 2.33. The number of ether oxygens (including phenoxy) is 2. The fourth-order valence-electron chi connectivity index (χ4n) is 4.89. The number of halogens is 1. The number of sulfonamides is 1. The minimum atomic E-state index is -3.37. The van der Waals surface area contributed by atoms with Crippen molar-refractivity contribution in [1.82, 2.24) is 20.6 Å². The average Bonchev–Trinajstić information content (AvgIpc) is 3.14. The average molecular weight is 804 g/mol. The van der Waals surface area contributed by atoms with Crippen LogP contribution in [0, 0.1) is 0 Å². The summed E-state index contributed by atoms with van der Waals surface area (Å²) in [4.78, 5) is 52.8. The molecule has 0 unspecified atom stereocenters. The number of amides is 2. The Morgan fingerprint density at radius 2 is 1.04 bits per heavy atom. The largest absolute Gasteiger partial charge is 0.505 e. The summed E-state index contributed by atoms with van der Waals surface area (Å²) in [6.07, 6.45) is 3.81. The maximum absolute atomic E-state index is 12.0. The molecule has 6 aromatic rings. The van der Waals surface area contributed by atoms with Crippen molar-refractivity contribution in [3.8, 4) is 34.5 Å². The lowest BCUT2D eigenvalue weighted by Gasteiger charge is -2.10. The minimum absolute atomic E-state index is 0.245. The molecule has 0 radical (unpaired) electrons. The second kappa shape index (κ2) is 17.3. The molecule has 0 fully saturated rings. The van der Waals surface area contributed by atoms with E-state index in [1.807, 2.05) is 0 Å². The normalized spacial score (nSPS) is 10.8. The molecule has 0 saturated carbocycles. The molecule has 4 aromatic carbocycles. The fourth-order valence-corrected chi connectivity index (χ4v) is 5.58. The Balaban J connectivity index is 0.000000216. The molecular formula is C37H30ClN5O12S. The number of nitrogens with one attached hydrogen (secondary N) is 3. The van der Waals surface area contributed by atoms with Gasteiger partial charge in [-0.05, 0) is 84.9 Å². The molecule has 0 spiro atoms. The molecule has 7 N–H and O–H groups in total. The zero-order valence-electron chi connectivity index (χ0n) is 28.9. The molecule has 17 nitrogen and oxygen atoms in total. The summed E-state index contributed by atoms with van der Waals surface area (Å²) in [5.74, 6) is -2.70. The van der Waals surface area contributed by atoms with Gasteiger partial charge in [0.25, 0.3) is 11.8 Å². The number of aromatic nitrogens is 2. The third-order valence-corrected chi connectivity index (χ3v) is 8.20. The van der Waals surface area contributed by atoms with Gasteiger partial charge < -0.3 is 40.5 Å². The number of hydrogen-bond donors (Lipinski definition) is 7. The van der Waals surface area contributed by atoms with Gasteiger partial charge in [-0.3, -0.25) is 23.9 Å². The third kappa shape index (κ3) is 10.7. The Morgan fingerprint density at radius 1 is 0.643 bits per heavy atom. The van der Waals surface area contributed by atoms with Crippen molar-refractivity contribution >= 4 is 72.6 Å². The standard InChI is InChI=1S/C19H17N3O7S.C18H13ClN2O5/c1-30(27,28)22-12-2-4-13(5-3-12)29-14-6-7-15-11(8-14)9-20-17(18(15)25)19(26)21-10-16(23)24;19-11-1-3-12(4-2-11)26-13-5-6-14-10(7-13)8-20-16(17(14)24)18(25)21-9-15(22)23/h2-9,22,25H,10H2,1H3,(H,21,26)(H,23,24);1-8,24H,9H2,(H,21,25)(H,22,23). The first-order chi connectivity index (χ1) is 26.6. The lowest BCUT2D eigenvalue weighted by molar-refractivity contribution is -0.136. The number of carboxylic acid groups (broad SMARTS) is 2. The van der Waals surface area contributed by atoms with Gasteiger partial charge >= 0.3 is 11.9 Å². The second-order valence-electron chi connectivity index (χ2n) is 11.6. The number of rotatable bonds is 12. The van der Waals surface area contributed by atoms with Crippen molar-refractivity contribution < 1.29 is 57.5 Å². The van der Waals surface area contributed by atoms with Crippen molar-refractivity contribution in [3.05, 3.63) is 114 Å². The quantitative estimate of drug-likeness (QED) is 0.0847. The summed E-state index contributed by atoms with van der Waals surface area (Å²) in [5.41, 5.74) is -0.136. The number of carbonyl (C=O) groups is 4. The molecule has 0 saturated heterocycles. The van der Waals surface area contributed by atoms with E-state index in [2.05, 4.69) is 25.3 Å². The molecule has 2 amide bonds. The van der Waals surface area contributed by atoms with Gasteiger partial charge in [-0.15, -0.1) is 0 Å². The summed E-state index contributed by atoms with van der Waals surface area (Å²) in [5, 5.41) is 44.5. The molecule has 0 aliphatic carbocycles. The van der Waals surface area contributed by atoms with Crippen LogP contribution in [-0.4, -0.2) is 81.9 Å². The third-order valence-electron chi connectivity index (χ3n) is 7.34. The van der Waals surface area contributed by atoms with Crippen LogP contribution in [0.5, 0.6) is 34.5 Å². The Labute approximate surface area is 322 Å². The van der Waals surface area contributed by atoms with Crippen molar-refractivity contribution in [2.24, 2.45) is 0 Å². The van der Waals surface area contributed by atoms with E-state index in [1.54, 1.807) is 78.9 Å². The number of hydrogen-bond acceptors (Lipinski definition) is 12. The molecule has 19 heteroatoms. The van der Waals surface area contributed by atoms with E-state index in [1.165, 1.54) is 18.5 Å². The van der Waals surface area contributed by atoms with Crippen LogP contribution >= 0.6 is 11.6 Å². The summed E-state index contributed by atoms with van der Waals surface area (Å²) < 4.78 is 36.3. The Hall–Kier alpha value is -7.18. The molecule has 2 aromatic heterocycles. The predicted octanol–water partition coefficient (Wildman–Crippen LogP) is 5.12. The minimum Gasteiger partial charge on any atom is -0.505 e. The number of fused-ring (bicyclic) bond motifs is 2. The van der Waals surface area contributed by atoms with Crippen LogP contribution in [-0.2, 0) is 19.6 Å². The Morgan fingerprint density at radius 3 is 1.43 bits per heavy atom. The van der Waals surface area contributed by atoms with Gasteiger partial charge in [0.05, 0.1) is 6.26 Å². The van der Waals surface area contributed by atoms with Crippen molar-refractivity contribution in [3.63, 3.8) is 0 Å². The van der Waals surface area contributed by atoms with E-state index in [-0.39, 0.29) is 22.9 Å². The van der Waals surface area contributed by atoms with E-state index in [4.69, 9.17) is 31.3 Å². The molecule has 56 heavy (non-hydrogen) atoms. The first-order valence-electron chi connectivity index (χ1n) is 16.0. The first kappa shape index (κ1) is 40.0. The number of pyridine rings is 2. The van der Waals surface area contributed by atoms with Gasteiger partial charge in [0.15, 0.2) is 22.9 Å². The molecule has 288 valence electrons. The molecule has 0 atom stereocenters. The Bertz CT molecular complexity index is 2570. The summed E-state index contributed by atoms with van der Waals surface area (Å²) in [6.45, 7) is -1.16. The number of carboxylic acids is 2. The lowest BCUT2D eigenvalue weighted by Crippen LogP contribution is -2.29. The molecule has 0 aliphatic heterocycles. The number of nitrogens with zero attached hydrogens (tertiary/aromatic N) is 2. The number of aromatic hydroxyl groups is 2. The smallest absolute Gasteiger partial charge is 0.322 e. The van der Waals surface area contributed by atoms with Gasteiger partial charge in [0.2, 0.25) is 10.0 Å². The van der Waals surface area contributed by atoms with E-state index >= 15 is 0 Å².